The van der Waals surface area contributed by atoms with Gasteiger partial charge in [-0.2, -0.15) is 0 Å². The van der Waals surface area contributed by atoms with Crippen LogP contribution in [0.1, 0.15) is 22.3 Å². The molecular formula is C76H49N3. The monoisotopic (exact) mass is 1000 g/mol. The number of benzene rings is 12. The molecule has 0 saturated carbocycles. The zero-order valence-electron chi connectivity index (χ0n) is 43.1. The molecule has 1 heterocycles. The quantitative estimate of drug-likeness (QED) is 0.145. The molecule has 0 atom stereocenters. The minimum absolute atomic E-state index is 0.518. The lowest BCUT2D eigenvalue weighted by atomic mass is 9.70. The Hall–Kier alpha value is -10.4. The number of rotatable bonds is 9. The van der Waals surface area contributed by atoms with Gasteiger partial charge in [0.15, 0.2) is 17.5 Å². The van der Waals surface area contributed by atoms with E-state index in [1.165, 1.54) is 38.9 Å². The summed E-state index contributed by atoms with van der Waals surface area (Å²) in [6.07, 6.45) is 0. The van der Waals surface area contributed by atoms with Gasteiger partial charge in [0.05, 0.1) is 5.41 Å². The summed E-state index contributed by atoms with van der Waals surface area (Å²) in [4.78, 5) is 16.6. The SMILES string of the molecule is c1ccc(-c2cc(-c3ccccc3)cc(-c3cccc(-c4nc(-c5cccc(-c6cc(-c7ccccc7)cc(-c7ccccc7)c6)c5)nc(-c5cccc6c5-c5ccccc5C65c6ccccc6-c6ccccc65)n4)c3)c2)cc1. The van der Waals surface area contributed by atoms with Crippen molar-refractivity contribution in [3.05, 3.63) is 320 Å². The van der Waals surface area contributed by atoms with Gasteiger partial charge in [0.25, 0.3) is 0 Å². The van der Waals surface area contributed by atoms with Gasteiger partial charge in [-0.3, -0.25) is 0 Å². The minimum atomic E-state index is -0.518. The molecule has 0 unspecified atom stereocenters. The summed E-state index contributed by atoms with van der Waals surface area (Å²) in [6.45, 7) is 0. The maximum absolute atomic E-state index is 5.57. The Kier molecular flexibility index (Phi) is 11.1. The summed E-state index contributed by atoms with van der Waals surface area (Å²) >= 11 is 0. The van der Waals surface area contributed by atoms with Crippen molar-refractivity contribution in [2.24, 2.45) is 0 Å². The molecule has 3 nitrogen and oxygen atoms in total. The third-order valence-electron chi connectivity index (χ3n) is 16.1. The van der Waals surface area contributed by atoms with Crippen molar-refractivity contribution in [2.45, 2.75) is 5.41 Å². The topological polar surface area (TPSA) is 38.7 Å². The Morgan fingerprint density at radius 3 is 0.861 bits per heavy atom. The van der Waals surface area contributed by atoms with E-state index in [1.54, 1.807) is 0 Å². The maximum atomic E-state index is 5.57. The first-order chi connectivity index (χ1) is 39.1. The van der Waals surface area contributed by atoms with E-state index >= 15 is 0 Å². The van der Waals surface area contributed by atoms with Crippen LogP contribution in [-0.2, 0) is 5.41 Å². The predicted octanol–water partition coefficient (Wildman–Crippen LogP) is 19.2. The molecule has 13 aromatic rings. The Morgan fingerprint density at radius 1 is 0.177 bits per heavy atom. The largest absolute Gasteiger partial charge is 0.208 e. The summed E-state index contributed by atoms with van der Waals surface area (Å²) < 4.78 is 0. The highest BCUT2D eigenvalue weighted by Crippen LogP contribution is 2.64. The number of nitrogens with zero attached hydrogens (tertiary/aromatic N) is 3. The van der Waals surface area contributed by atoms with Crippen molar-refractivity contribution in [1.82, 2.24) is 15.0 Å². The third-order valence-corrected chi connectivity index (χ3v) is 16.1. The van der Waals surface area contributed by atoms with Gasteiger partial charge in [-0.15, -0.1) is 0 Å². The van der Waals surface area contributed by atoms with Crippen LogP contribution in [0.15, 0.2) is 297 Å². The standard InChI is InChI=1S/C76H49N3/c1-5-22-50(23-6-1)58-44-59(51-24-7-2-8-25-51)47-62(46-58)54-30-19-32-56(42-54)73-77-74(57-33-20-31-55(43-57)63-48-60(52-26-9-3-10-27-52)45-61(49-63)53-28-11-4-12-29-53)79-75(78-73)67-37-21-41-71-72(67)66-36-15-18-40-70(66)76(71)68-38-16-13-34-64(68)65-35-14-17-39-69(65)76/h1-49H. The molecule has 2 aliphatic rings. The lowest BCUT2D eigenvalue weighted by Gasteiger charge is -2.30. The molecule has 0 radical (unpaired) electrons. The molecule has 12 aromatic carbocycles. The van der Waals surface area contributed by atoms with Gasteiger partial charge >= 0.3 is 0 Å². The van der Waals surface area contributed by atoms with Crippen LogP contribution in [0.3, 0.4) is 0 Å². The van der Waals surface area contributed by atoms with Crippen LogP contribution in [0.25, 0.3) is 123 Å². The lowest BCUT2D eigenvalue weighted by Crippen LogP contribution is -2.25. The summed E-state index contributed by atoms with van der Waals surface area (Å²) in [6, 6.07) is 107. The fourth-order valence-electron chi connectivity index (χ4n) is 12.5. The average Bonchev–Trinajstić information content (AvgIpc) is 4.23. The molecule has 0 aliphatic heterocycles. The normalized spacial score (nSPS) is 12.4. The van der Waals surface area contributed by atoms with Crippen molar-refractivity contribution in [2.75, 3.05) is 0 Å². The first-order valence-electron chi connectivity index (χ1n) is 27.1. The van der Waals surface area contributed by atoms with Gasteiger partial charge in [0.1, 0.15) is 0 Å². The predicted molar refractivity (Wildman–Crippen MR) is 325 cm³/mol. The van der Waals surface area contributed by atoms with Crippen LogP contribution in [0.5, 0.6) is 0 Å². The van der Waals surface area contributed by atoms with Crippen LogP contribution in [-0.4, -0.2) is 15.0 Å². The highest BCUT2D eigenvalue weighted by Gasteiger charge is 2.52. The molecule has 3 heteroatoms. The van der Waals surface area contributed by atoms with Crippen LogP contribution in [0.4, 0.5) is 0 Å². The van der Waals surface area contributed by atoms with Crippen LogP contribution >= 0.6 is 0 Å². The van der Waals surface area contributed by atoms with Crippen molar-refractivity contribution < 1.29 is 0 Å². The van der Waals surface area contributed by atoms with Crippen LogP contribution in [0.2, 0.25) is 0 Å². The average molecular weight is 1000 g/mol. The fraction of sp³-hybridized carbons (Fsp3) is 0.0132. The molecule has 0 N–H and O–H groups in total. The molecule has 1 aromatic heterocycles. The van der Waals surface area contributed by atoms with E-state index in [0.29, 0.717) is 17.5 Å². The van der Waals surface area contributed by atoms with E-state index in [9.17, 15) is 0 Å². The zero-order valence-corrected chi connectivity index (χ0v) is 43.1. The summed E-state index contributed by atoms with van der Waals surface area (Å²) in [5.41, 5.74) is 25.8. The first-order valence-corrected chi connectivity index (χ1v) is 27.1. The molecule has 0 bridgehead atoms. The number of aromatic nitrogens is 3. The molecule has 15 rings (SSSR count). The molecule has 368 valence electrons. The molecular weight excluding hydrogens is 955 g/mol. The molecule has 0 fully saturated rings. The van der Waals surface area contributed by atoms with Gasteiger partial charge in [-0.05, 0) is 160 Å². The number of hydrogen-bond acceptors (Lipinski definition) is 3. The second-order valence-corrected chi connectivity index (χ2v) is 20.6. The van der Waals surface area contributed by atoms with Gasteiger partial charge in [0, 0.05) is 16.7 Å². The van der Waals surface area contributed by atoms with Crippen molar-refractivity contribution in [1.29, 1.82) is 0 Å². The lowest BCUT2D eigenvalue weighted by molar-refractivity contribution is 0.794. The van der Waals surface area contributed by atoms with E-state index in [1.807, 2.05) is 0 Å². The second kappa shape index (κ2) is 19.0. The fourth-order valence-corrected chi connectivity index (χ4v) is 12.5. The Bertz CT molecular complexity index is 4120. The van der Waals surface area contributed by atoms with Gasteiger partial charge in [-0.25, -0.2) is 15.0 Å². The first kappa shape index (κ1) is 46.0. The molecule has 0 amide bonds. The van der Waals surface area contributed by atoms with Crippen LogP contribution in [0, 0.1) is 0 Å². The van der Waals surface area contributed by atoms with E-state index in [0.717, 1.165) is 89.0 Å². The molecule has 2 aliphatic carbocycles. The Balaban J connectivity index is 0.935. The highest BCUT2D eigenvalue weighted by molar-refractivity contribution is 5.99. The number of fused-ring (bicyclic) bond motifs is 10. The molecule has 0 saturated heterocycles. The zero-order chi connectivity index (χ0) is 52.3. The van der Waals surface area contributed by atoms with Gasteiger partial charge < -0.3 is 0 Å². The maximum Gasteiger partial charge on any atom is 0.164 e. The molecule has 79 heavy (non-hydrogen) atoms. The summed E-state index contributed by atoms with van der Waals surface area (Å²) in [5, 5.41) is 0. The van der Waals surface area contributed by atoms with E-state index in [-0.39, 0.29) is 0 Å². The van der Waals surface area contributed by atoms with E-state index in [2.05, 4.69) is 297 Å². The van der Waals surface area contributed by atoms with E-state index < -0.39 is 5.41 Å². The smallest absolute Gasteiger partial charge is 0.164 e. The Labute approximate surface area is 460 Å². The highest BCUT2D eigenvalue weighted by atomic mass is 15.0. The Morgan fingerprint density at radius 2 is 0.443 bits per heavy atom. The van der Waals surface area contributed by atoms with Gasteiger partial charge in [0.2, 0.25) is 0 Å². The van der Waals surface area contributed by atoms with E-state index in [4.69, 9.17) is 15.0 Å². The second-order valence-electron chi connectivity index (χ2n) is 20.6. The van der Waals surface area contributed by atoms with Crippen molar-refractivity contribution >= 4 is 0 Å². The number of hydrogen-bond donors (Lipinski definition) is 0. The van der Waals surface area contributed by atoms with Crippen molar-refractivity contribution in [3.63, 3.8) is 0 Å². The molecule has 1 spiro atoms. The summed E-state index contributed by atoms with van der Waals surface area (Å²) in [7, 11) is 0. The third kappa shape index (κ3) is 7.86. The van der Waals surface area contributed by atoms with Crippen LogP contribution < -0.4 is 0 Å². The van der Waals surface area contributed by atoms with Crippen molar-refractivity contribution in [3.8, 4) is 123 Å². The van der Waals surface area contributed by atoms with Gasteiger partial charge in [-0.1, -0.05) is 249 Å². The summed E-state index contributed by atoms with van der Waals surface area (Å²) in [5.74, 6) is 1.82. The minimum Gasteiger partial charge on any atom is -0.208 e.